The molecule has 32 heavy (non-hydrogen) atoms. The van der Waals surface area contributed by atoms with Crippen LogP contribution >= 0.6 is 0 Å². The molecule has 1 aliphatic carbocycles. The summed E-state index contributed by atoms with van der Waals surface area (Å²) in [6, 6.07) is 7.30. The molecule has 0 radical (unpaired) electrons. The number of carbonyl (C=O) groups is 2. The lowest BCUT2D eigenvalue weighted by molar-refractivity contribution is 0.0875. The lowest BCUT2D eigenvalue weighted by Gasteiger charge is -2.30. The van der Waals surface area contributed by atoms with Gasteiger partial charge in [-0.05, 0) is 49.9 Å². The Bertz CT molecular complexity index is 1170. The average Bonchev–Trinajstić information content (AvgIpc) is 3.28. The number of ether oxygens (including phenoxy) is 2. The molecule has 1 aliphatic heterocycles. The van der Waals surface area contributed by atoms with Gasteiger partial charge in [0.25, 0.3) is 11.8 Å². The predicted octanol–water partition coefficient (Wildman–Crippen LogP) is 2.25. The van der Waals surface area contributed by atoms with Crippen molar-refractivity contribution in [2.24, 2.45) is 5.73 Å². The van der Waals surface area contributed by atoms with Crippen molar-refractivity contribution in [3.05, 3.63) is 52.8 Å². The molecular weight excluding hydrogens is 410 g/mol. The first-order chi connectivity index (χ1) is 15.6. The summed E-state index contributed by atoms with van der Waals surface area (Å²) in [6.07, 6.45) is 5.40. The van der Waals surface area contributed by atoms with Crippen molar-refractivity contribution >= 4 is 22.7 Å². The molecule has 0 saturated heterocycles. The van der Waals surface area contributed by atoms with E-state index >= 15 is 0 Å². The summed E-state index contributed by atoms with van der Waals surface area (Å²) in [5.41, 5.74) is 9.15. The fraction of sp³-hybridized carbons (Fsp3) is 0.391. The monoisotopic (exact) mass is 435 g/mol. The van der Waals surface area contributed by atoms with Crippen molar-refractivity contribution < 1.29 is 19.1 Å². The Labute approximate surface area is 184 Å². The molecule has 0 atom stereocenters. The topological polar surface area (TPSA) is 132 Å². The molecule has 0 spiro atoms. The van der Waals surface area contributed by atoms with Crippen LogP contribution in [-0.2, 0) is 17.8 Å². The summed E-state index contributed by atoms with van der Waals surface area (Å²) in [5, 5.41) is 10.9. The van der Waals surface area contributed by atoms with Gasteiger partial charge in [-0.2, -0.15) is 5.10 Å². The zero-order chi connectivity index (χ0) is 22.1. The van der Waals surface area contributed by atoms with Crippen LogP contribution in [0.3, 0.4) is 0 Å². The van der Waals surface area contributed by atoms with Crippen LogP contribution in [0.25, 0.3) is 10.9 Å². The van der Waals surface area contributed by atoms with Crippen LogP contribution in [0.15, 0.2) is 30.5 Å². The molecule has 3 heterocycles. The zero-order valence-electron chi connectivity index (χ0n) is 17.6. The summed E-state index contributed by atoms with van der Waals surface area (Å²) in [4.78, 5) is 29.2. The van der Waals surface area contributed by atoms with Gasteiger partial charge in [-0.3, -0.25) is 14.7 Å². The van der Waals surface area contributed by atoms with Crippen molar-refractivity contribution in [3.8, 4) is 5.88 Å². The van der Waals surface area contributed by atoms with Gasteiger partial charge in [0.2, 0.25) is 5.88 Å². The lowest BCUT2D eigenvalue weighted by atomic mass is 9.92. The minimum Gasteiger partial charge on any atom is -0.474 e. The molecule has 166 valence electrons. The SMILES string of the molecule is NC(=O)c1cc2c(nc1O[C@H]1CC[C@H](NC(=O)c3ccc4[nH]ncc4c3)CC1)CCOC2. The summed E-state index contributed by atoms with van der Waals surface area (Å²) < 4.78 is 11.6. The molecule has 4 N–H and O–H groups in total. The molecule has 1 fully saturated rings. The number of nitrogens with two attached hydrogens (primary N) is 1. The van der Waals surface area contributed by atoms with E-state index in [1.807, 2.05) is 12.1 Å². The lowest BCUT2D eigenvalue weighted by Crippen LogP contribution is -2.40. The van der Waals surface area contributed by atoms with Crippen LogP contribution in [0, 0.1) is 0 Å². The second-order valence-corrected chi connectivity index (χ2v) is 8.35. The third kappa shape index (κ3) is 4.16. The van der Waals surface area contributed by atoms with Gasteiger partial charge in [0.15, 0.2) is 0 Å². The molecule has 2 amide bonds. The molecule has 3 aromatic rings. The Morgan fingerprint density at radius 3 is 2.84 bits per heavy atom. The van der Waals surface area contributed by atoms with Crippen molar-refractivity contribution in [2.75, 3.05) is 6.61 Å². The van der Waals surface area contributed by atoms with E-state index in [4.69, 9.17) is 15.2 Å². The molecule has 0 unspecified atom stereocenters. The van der Waals surface area contributed by atoms with Crippen LogP contribution in [0.5, 0.6) is 5.88 Å². The minimum absolute atomic E-state index is 0.0751. The van der Waals surface area contributed by atoms with E-state index in [1.54, 1.807) is 18.3 Å². The van der Waals surface area contributed by atoms with E-state index in [9.17, 15) is 9.59 Å². The number of H-pyrrole nitrogens is 1. The van der Waals surface area contributed by atoms with E-state index in [0.717, 1.165) is 47.8 Å². The molecule has 0 bridgehead atoms. The van der Waals surface area contributed by atoms with E-state index in [-0.39, 0.29) is 18.1 Å². The van der Waals surface area contributed by atoms with Gasteiger partial charge in [-0.15, -0.1) is 0 Å². The maximum atomic E-state index is 12.7. The standard InChI is InChI=1S/C23H25N5O4/c24-21(29)18-10-15-12-31-8-7-19(15)27-23(18)32-17-4-2-16(3-5-17)26-22(30)13-1-6-20-14(9-13)11-25-28-20/h1,6,9-11,16-17H,2-5,7-8,12H2,(H2,24,29)(H,25,28)(H,26,30)/t16-,17-. The summed E-state index contributed by atoms with van der Waals surface area (Å²) in [5.74, 6) is -0.345. The van der Waals surface area contributed by atoms with E-state index < -0.39 is 5.91 Å². The first-order valence-corrected chi connectivity index (χ1v) is 10.9. The zero-order valence-corrected chi connectivity index (χ0v) is 17.6. The van der Waals surface area contributed by atoms with Crippen molar-refractivity contribution in [2.45, 2.75) is 50.9 Å². The molecule has 5 rings (SSSR count). The van der Waals surface area contributed by atoms with E-state index in [1.165, 1.54) is 0 Å². The smallest absolute Gasteiger partial charge is 0.254 e. The maximum Gasteiger partial charge on any atom is 0.254 e. The number of carbonyl (C=O) groups excluding carboxylic acids is 2. The number of pyridine rings is 1. The highest BCUT2D eigenvalue weighted by molar-refractivity contribution is 5.98. The largest absolute Gasteiger partial charge is 0.474 e. The second-order valence-electron chi connectivity index (χ2n) is 8.35. The molecule has 2 aliphatic rings. The third-order valence-corrected chi connectivity index (χ3v) is 6.15. The van der Waals surface area contributed by atoms with Crippen molar-refractivity contribution in [1.82, 2.24) is 20.5 Å². The van der Waals surface area contributed by atoms with Gasteiger partial charge in [0, 0.05) is 29.0 Å². The first-order valence-electron chi connectivity index (χ1n) is 10.9. The number of fused-ring (bicyclic) bond motifs is 2. The number of hydrogen-bond donors (Lipinski definition) is 3. The quantitative estimate of drug-likeness (QED) is 0.563. The molecule has 2 aromatic heterocycles. The number of nitrogens with one attached hydrogen (secondary N) is 2. The molecule has 9 heteroatoms. The highest BCUT2D eigenvalue weighted by Gasteiger charge is 2.27. The Morgan fingerprint density at radius 1 is 1.19 bits per heavy atom. The van der Waals surface area contributed by atoms with Gasteiger partial charge >= 0.3 is 0 Å². The molecular formula is C23H25N5O4. The Balaban J connectivity index is 1.20. The van der Waals surface area contributed by atoms with Gasteiger partial charge in [0.1, 0.15) is 11.7 Å². The fourth-order valence-electron chi connectivity index (χ4n) is 4.37. The number of benzene rings is 1. The normalized spacial score (nSPS) is 20.5. The minimum atomic E-state index is -0.559. The number of hydrogen-bond acceptors (Lipinski definition) is 6. The molecule has 9 nitrogen and oxygen atoms in total. The Morgan fingerprint density at radius 2 is 2.03 bits per heavy atom. The predicted molar refractivity (Wildman–Crippen MR) is 116 cm³/mol. The van der Waals surface area contributed by atoms with Gasteiger partial charge in [-0.1, -0.05) is 0 Å². The maximum absolute atomic E-state index is 12.7. The van der Waals surface area contributed by atoms with Gasteiger partial charge in [0.05, 0.1) is 30.6 Å². The average molecular weight is 435 g/mol. The third-order valence-electron chi connectivity index (χ3n) is 6.15. The Hall–Kier alpha value is -3.46. The van der Waals surface area contributed by atoms with Crippen LogP contribution in [0.2, 0.25) is 0 Å². The first kappa shape index (κ1) is 20.4. The molecule has 1 saturated carbocycles. The van der Waals surface area contributed by atoms with E-state index in [0.29, 0.717) is 36.6 Å². The number of primary amides is 1. The summed E-state index contributed by atoms with van der Waals surface area (Å²) in [7, 11) is 0. The van der Waals surface area contributed by atoms with Crippen molar-refractivity contribution in [1.29, 1.82) is 0 Å². The Kier molecular flexibility index (Phi) is 5.48. The van der Waals surface area contributed by atoms with Crippen LogP contribution in [0.1, 0.15) is 57.7 Å². The van der Waals surface area contributed by atoms with Crippen LogP contribution < -0.4 is 15.8 Å². The highest BCUT2D eigenvalue weighted by atomic mass is 16.5. The number of nitrogens with zero attached hydrogens (tertiary/aromatic N) is 2. The number of rotatable bonds is 5. The van der Waals surface area contributed by atoms with Crippen LogP contribution in [0.4, 0.5) is 0 Å². The van der Waals surface area contributed by atoms with Crippen LogP contribution in [-0.4, -0.2) is 45.7 Å². The number of aromatic amines is 1. The van der Waals surface area contributed by atoms with Crippen molar-refractivity contribution in [3.63, 3.8) is 0 Å². The highest BCUT2D eigenvalue weighted by Crippen LogP contribution is 2.28. The summed E-state index contributed by atoms with van der Waals surface area (Å²) >= 11 is 0. The fourth-order valence-corrected chi connectivity index (χ4v) is 4.37. The number of aromatic nitrogens is 3. The van der Waals surface area contributed by atoms with Gasteiger partial charge in [-0.25, -0.2) is 4.98 Å². The summed E-state index contributed by atoms with van der Waals surface area (Å²) in [6.45, 7) is 1.04. The van der Waals surface area contributed by atoms with E-state index in [2.05, 4.69) is 20.5 Å². The second kappa shape index (κ2) is 8.58. The number of amides is 2. The molecule has 1 aromatic carbocycles. The van der Waals surface area contributed by atoms with Gasteiger partial charge < -0.3 is 20.5 Å².